The molecule has 6 heteroatoms. The fourth-order valence-corrected chi connectivity index (χ4v) is 3.60. The van der Waals surface area contributed by atoms with Gasteiger partial charge in [0.1, 0.15) is 5.82 Å². The molecule has 1 aromatic carbocycles. The predicted molar refractivity (Wildman–Crippen MR) is 92.6 cm³/mol. The van der Waals surface area contributed by atoms with Gasteiger partial charge in [-0.15, -0.1) is 0 Å². The molecule has 1 N–H and O–H groups in total. The van der Waals surface area contributed by atoms with Gasteiger partial charge in [-0.3, -0.25) is 4.79 Å². The first-order valence-electron chi connectivity index (χ1n) is 8.81. The number of piperidine rings is 1. The molecule has 0 spiro atoms. The van der Waals surface area contributed by atoms with Gasteiger partial charge in [-0.2, -0.15) is 5.26 Å². The number of nitrogens with zero attached hydrogens (tertiary/aromatic N) is 2. The summed E-state index contributed by atoms with van der Waals surface area (Å²) < 4.78 is 19.7. The number of nitriles is 1. The first kappa shape index (κ1) is 17.7. The van der Waals surface area contributed by atoms with E-state index in [2.05, 4.69) is 5.32 Å². The molecule has 1 amide bonds. The van der Waals surface area contributed by atoms with E-state index in [0.29, 0.717) is 43.8 Å². The Bertz CT molecular complexity index is 694. The summed E-state index contributed by atoms with van der Waals surface area (Å²) in [5.74, 6) is -0.367. The SMILES string of the molecule is CC1OCCC1(C)NC(=O)C1CCN(c2ccc(C#N)cc2F)CC1. The molecule has 0 radical (unpaired) electrons. The molecule has 2 fully saturated rings. The lowest BCUT2D eigenvalue weighted by atomic mass is 9.90. The number of carbonyl (C=O) groups excluding carboxylic acids is 1. The number of ether oxygens (including phenoxy) is 1. The molecule has 2 saturated heterocycles. The van der Waals surface area contributed by atoms with E-state index in [9.17, 15) is 9.18 Å². The Hall–Kier alpha value is -2.13. The normalized spacial score (nSPS) is 27.1. The number of carbonyl (C=O) groups is 1. The van der Waals surface area contributed by atoms with Gasteiger partial charge in [-0.1, -0.05) is 0 Å². The van der Waals surface area contributed by atoms with Crippen LogP contribution in [0.3, 0.4) is 0 Å². The van der Waals surface area contributed by atoms with Gasteiger partial charge in [0.2, 0.25) is 5.91 Å². The van der Waals surface area contributed by atoms with E-state index in [1.54, 1.807) is 12.1 Å². The molecule has 0 bridgehead atoms. The van der Waals surface area contributed by atoms with E-state index in [1.165, 1.54) is 6.07 Å². The molecule has 0 saturated carbocycles. The van der Waals surface area contributed by atoms with Crippen molar-refractivity contribution >= 4 is 11.6 Å². The fraction of sp³-hybridized carbons (Fsp3) is 0.579. The molecule has 0 aromatic heterocycles. The summed E-state index contributed by atoms with van der Waals surface area (Å²) in [6.07, 6.45) is 2.23. The third kappa shape index (κ3) is 3.62. The highest BCUT2D eigenvalue weighted by atomic mass is 19.1. The fourth-order valence-electron chi connectivity index (χ4n) is 3.60. The molecule has 134 valence electrons. The largest absolute Gasteiger partial charge is 0.376 e. The highest BCUT2D eigenvalue weighted by Gasteiger charge is 2.40. The molecule has 5 nitrogen and oxygen atoms in total. The molecule has 0 aliphatic carbocycles. The van der Waals surface area contributed by atoms with Crippen molar-refractivity contribution in [2.24, 2.45) is 5.92 Å². The van der Waals surface area contributed by atoms with Crippen LogP contribution in [0.4, 0.5) is 10.1 Å². The van der Waals surface area contributed by atoms with Gasteiger partial charge in [-0.05, 0) is 51.3 Å². The molecule has 2 atom stereocenters. The molecule has 2 aliphatic rings. The zero-order valence-corrected chi connectivity index (χ0v) is 14.7. The van der Waals surface area contributed by atoms with Gasteiger partial charge in [0.25, 0.3) is 0 Å². The van der Waals surface area contributed by atoms with Crippen LogP contribution in [0.1, 0.15) is 38.7 Å². The van der Waals surface area contributed by atoms with Crippen molar-refractivity contribution in [3.05, 3.63) is 29.6 Å². The van der Waals surface area contributed by atoms with Gasteiger partial charge in [-0.25, -0.2) is 4.39 Å². The summed E-state index contributed by atoms with van der Waals surface area (Å²) in [6, 6.07) is 6.47. The van der Waals surface area contributed by atoms with Crippen LogP contribution < -0.4 is 10.2 Å². The molecule has 3 rings (SSSR count). The van der Waals surface area contributed by atoms with Crippen molar-refractivity contribution in [1.29, 1.82) is 5.26 Å². The zero-order valence-electron chi connectivity index (χ0n) is 14.7. The number of anilines is 1. The second kappa shape index (κ2) is 7.01. The molecule has 25 heavy (non-hydrogen) atoms. The Morgan fingerprint density at radius 3 is 2.72 bits per heavy atom. The summed E-state index contributed by atoms with van der Waals surface area (Å²) in [4.78, 5) is 14.6. The molecule has 2 heterocycles. The lowest BCUT2D eigenvalue weighted by Gasteiger charge is -2.36. The summed E-state index contributed by atoms with van der Waals surface area (Å²) in [5, 5.41) is 12.0. The van der Waals surface area contributed by atoms with E-state index in [4.69, 9.17) is 10.00 Å². The average molecular weight is 345 g/mol. The summed E-state index contributed by atoms with van der Waals surface area (Å²) in [5.41, 5.74) is 0.521. The van der Waals surface area contributed by atoms with Crippen molar-refractivity contribution in [3.63, 3.8) is 0 Å². The number of amides is 1. The van der Waals surface area contributed by atoms with Gasteiger partial charge in [0.05, 0.1) is 29.0 Å². The second-order valence-electron chi connectivity index (χ2n) is 7.21. The maximum Gasteiger partial charge on any atom is 0.223 e. The first-order chi connectivity index (χ1) is 11.9. The maximum atomic E-state index is 14.2. The quantitative estimate of drug-likeness (QED) is 0.914. The zero-order chi connectivity index (χ0) is 18.0. The van der Waals surface area contributed by atoms with Crippen LogP contribution in [0.15, 0.2) is 18.2 Å². The van der Waals surface area contributed by atoms with Crippen LogP contribution >= 0.6 is 0 Å². The first-order valence-corrected chi connectivity index (χ1v) is 8.81. The third-order valence-corrected chi connectivity index (χ3v) is 5.58. The van der Waals surface area contributed by atoms with Crippen LogP contribution in [-0.4, -0.2) is 37.2 Å². The van der Waals surface area contributed by atoms with E-state index >= 15 is 0 Å². The van der Waals surface area contributed by atoms with Crippen molar-refractivity contribution < 1.29 is 13.9 Å². The lowest BCUT2D eigenvalue weighted by molar-refractivity contribution is -0.128. The number of hydrogen-bond donors (Lipinski definition) is 1. The highest BCUT2D eigenvalue weighted by molar-refractivity contribution is 5.80. The average Bonchev–Trinajstić information content (AvgIpc) is 2.93. The van der Waals surface area contributed by atoms with E-state index in [-0.39, 0.29) is 29.3 Å². The topological polar surface area (TPSA) is 65.4 Å². The van der Waals surface area contributed by atoms with Gasteiger partial charge < -0.3 is 15.0 Å². The van der Waals surface area contributed by atoms with E-state index in [0.717, 1.165) is 6.42 Å². The summed E-state index contributed by atoms with van der Waals surface area (Å²) in [6.45, 7) is 5.95. The number of nitrogens with one attached hydrogen (secondary N) is 1. The lowest BCUT2D eigenvalue weighted by Crippen LogP contribution is -2.53. The minimum Gasteiger partial charge on any atom is -0.376 e. The molecular weight excluding hydrogens is 321 g/mol. The van der Waals surface area contributed by atoms with Crippen LogP contribution in [0.2, 0.25) is 0 Å². The molecule has 2 aliphatic heterocycles. The van der Waals surface area contributed by atoms with Crippen molar-refractivity contribution in [1.82, 2.24) is 5.32 Å². The molecule has 2 unspecified atom stereocenters. The van der Waals surface area contributed by atoms with E-state index in [1.807, 2.05) is 24.8 Å². The maximum absolute atomic E-state index is 14.2. The standard InChI is InChI=1S/C19H24FN3O2/c1-13-19(2,7-10-25-13)22-18(24)15-5-8-23(9-6-15)17-4-3-14(12-21)11-16(17)20/h3-4,11,13,15H,5-10H2,1-2H3,(H,22,24). The second-order valence-corrected chi connectivity index (χ2v) is 7.21. The summed E-state index contributed by atoms with van der Waals surface area (Å²) in [7, 11) is 0. The van der Waals surface area contributed by atoms with Crippen molar-refractivity contribution in [2.75, 3.05) is 24.6 Å². The Balaban J connectivity index is 1.58. The number of rotatable bonds is 3. The highest BCUT2D eigenvalue weighted by Crippen LogP contribution is 2.29. The minimum atomic E-state index is -0.383. The Labute approximate surface area is 147 Å². The summed E-state index contributed by atoms with van der Waals surface area (Å²) >= 11 is 0. The smallest absolute Gasteiger partial charge is 0.223 e. The van der Waals surface area contributed by atoms with Gasteiger partial charge in [0, 0.05) is 25.6 Å². The molecular formula is C19H24FN3O2. The van der Waals surface area contributed by atoms with E-state index < -0.39 is 0 Å². The number of hydrogen-bond acceptors (Lipinski definition) is 4. The van der Waals surface area contributed by atoms with Crippen LogP contribution in [-0.2, 0) is 9.53 Å². The van der Waals surface area contributed by atoms with Gasteiger partial charge in [0.15, 0.2) is 0 Å². The third-order valence-electron chi connectivity index (χ3n) is 5.58. The predicted octanol–water partition coefficient (Wildman–Crippen LogP) is 2.60. The Kier molecular flexibility index (Phi) is 4.96. The van der Waals surface area contributed by atoms with Crippen molar-refractivity contribution in [2.45, 2.75) is 44.8 Å². The van der Waals surface area contributed by atoms with Crippen LogP contribution in [0.25, 0.3) is 0 Å². The minimum absolute atomic E-state index is 0.0179. The Morgan fingerprint density at radius 2 is 2.16 bits per heavy atom. The molecule has 1 aromatic rings. The van der Waals surface area contributed by atoms with Crippen molar-refractivity contribution in [3.8, 4) is 6.07 Å². The van der Waals surface area contributed by atoms with Crippen LogP contribution in [0.5, 0.6) is 0 Å². The number of halogens is 1. The van der Waals surface area contributed by atoms with Crippen LogP contribution in [0, 0.1) is 23.1 Å². The van der Waals surface area contributed by atoms with Gasteiger partial charge >= 0.3 is 0 Å². The monoisotopic (exact) mass is 345 g/mol. The Morgan fingerprint density at radius 1 is 1.44 bits per heavy atom. The number of benzene rings is 1.